The minimum atomic E-state index is -0.0410. The Hall–Kier alpha value is -0.910. The van der Waals surface area contributed by atoms with E-state index in [9.17, 15) is 4.79 Å². The molecule has 2 nitrogen and oxygen atoms in total. The molecule has 1 aromatic carbocycles. The molecule has 5 heteroatoms. The van der Waals surface area contributed by atoms with Gasteiger partial charge in [-0.25, -0.2) is 0 Å². The fourth-order valence-electron chi connectivity index (χ4n) is 2.13. The van der Waals surface area contributed by atoms with E-state index in [2.05, 4.69) is 37.2 Å². The lowest BCUT2D eigenvalue weighted by Gasteiger charge is -2.05. The lowest BCUT2D eigenvalue weighted by molar-refractivity contribution is -0.110. The Morgan fingerprint density at radius 3 is 2.68 bits per heavy atom. The quantitative estimate of drug-likeness (QED) is 0.667. The maximum absolute atomic E-state index is 12.1. The normalized spacial score (nSPS) is 15.7. The van der Waals surface area contributed by atoms with Crippen molar-refractivity contribution in [1.82, 2.24) is 0 Å². The molecule has 19 heavy (non-hydrogen) atoms. The van der Waals surface area contributed by atoms with E-state index in [0.29, 0.717) is 0 Å². The molecule has 0 atom stereocenters. The van der Waals surface area contributed by atoms with Gasteiger partial charge in [-0.1, -0.05) is 15.9 Å². The number of halogens is 2. The van der Waals surface area contributed by atoms with Crippen molar-refractivity contribution in [2.45, 2.75) is 6.92 Å². The SMILES string of the molecule is Cc1c(Br)ccc2c1C(=Cc1ccc(Br)s1)C(=O)N2. The maximum atomic E-state index is 12.1. The molecule has 1 aliphatic heterocycles. The molecule has 0 saturated heterocycles. The molecule has 0 unspecified atom stereocenters. The summed E-state index contributed by atoms with van der Waals surface area (Å²) in [6.07, 6.45) is 1.94. The fourth-order valence-corrected chi connectivity index (χ4v) is 3.82. The molecule has 0 bridgehead atoms. The summed E-state index contributed by atoms with van der Waals surface area (Å²) in [5, 5.41) is 2.91. The number of fused-ring (bicyclic) bond motifs is 1. The van der Waals surface area contributed by atoms with Crippen LogP contribution in [0.2, 0.25) is 0 Å². The van der Waals surface area contributed by atoms with Gasteiger partial charge in [-0.2, -0.15) is 0 Å². The number of rotatable bonds is 1. The van der Waals surface area contributed by atoms with Gasteiger partial charge in [0.2, 0.25) is 0 Å². The second-order valence-electron chi connectivity index (χ2n) is 4.25. The molecule has 0 spiro atoms. The van der Waals surface area contributed by atoms with Gasteiger partial charge in [-0.3, -0.25) is 4.79 Å². The van der Waals surface area contributed by atoms with Crippen LogP contribution in [-0.4, -0.2) is 5.91 Å². The van der Waals surface area contributed by atoms with Crippen LogP contribution >= 0.6 is 43.2 Å². The first kappa shape index (κ1) is 13.1. The van der Waals surface area contributed by atoms with Gasteiger partial charge in [0.05, 0.1) is 9.36 Å². The molecule has 2 heterocycles. The van der Waals surface area contributed by atoms with Crippen LogP contribution in [0.4, 0.5) is 5.69 Å². The number of hydrogen-bond donors (Lipinski definition) is 1. The minimum absolute atomic E-state index is 0.0410. The predicted octanol–water partition coefficient (Wildman–Crippen LogP) is 5.07. The topological polar surface area (TPSA) is 29.1 Å². The molecule has 2 aromatic rings. The van der Waals surface area contributed by atoms with E-state index in [1.165, 1.54) is 0 Å². The summed E-state index contributed by atoms with van der Waals surface area (Å²) in [6.45, 7) is 2.02. The van der Waals surface area contributed by atoms with Crippen molar-refractivity contribution in [2.24, 2.45) is 0 Å². The Balaban J connectivity index is 2.17. The Labute approximate surface area is 131 Å². The molecule has 3 rings (SSSR count). The summed E-state index contributed by atoms with van der Waals surface area (Å²) < 4.78 is 2.07. The van der Waals surface area contributed by atoms with E-state index in [-0.39, 0.29) is 5.91 Å². The minimum Gasteiger partial charge on any atom is -0.321 e. The smallest absolute Gasteiger partial charge is 0.256 e. The maximum Gasteiger partial charge on any atom is 0.256 e. The largest absolute Gasteiger partial charge is 0.321 e. The summed E-state index contributed by atoms with van der Waals surface area (Å²) in [6, 6.07) is 7.87. The highest BCUT2D eigenvalue weighted by Crippen LogP contribution is 2.39. The van der Waals surface area contributed by atoms with Crippen molar-refractivity contribution in [2.75, 3.05) is 5.32 Å². The molecule has 0 fully saturated rings. The van der Waals surface area contributed by atoms with Crippen molar-refractivity contribution in [1.29, 1.82) is 0 Å². The van der Waals surface area contributed by atoms with Crippen molar-refractivity contribution >= 4 is 66.4 Å². The number of thiophene rings is 1. The van der Waals surface area contributed by atoms with Crippen LogP contribution in [0.3, 0.4) is 0 Å². The Bertz CT molecular complexity index is 718. The van der Waals surface area contributed by atoms with Crippen molar-refractivity contribution < 1.29 is 4.79 Å². The zero-order valence-corrected chi connectivity index (χ0v) is 13.9. The van der Waals surface area contributed by atoms with E-state index < -0.39 is 0 Å². The number of hydrogen-bond acceptors (Lipinski definition) is 2. The highest BCUT2D eigenvalue weighted by atomic mass is 79.9. The fraction of sp³-hybridized carbons (Fsp3) is 0.0714. The van der Waals surface area contributed by atoms with Crippen LogP contribution in [0.1, 0.15) is 16.0 Å². The molecule has 0 radical (unpaired) electrons. The van der Waals surface area contributed by atoms with E-state index in [0.717, 1.165) is 35.5 Å². The molecule has 96 valence electrons. The number of benzene rings is 1. The average molecular weight is 399 g/mol. The van der Waals surface area contributed by atoms with E-state index in [1.807, 2.05) is 37.3 Å². The average Bonchev–Trinajstić information content (AvgIpc) is 2.90. The molecule has 1 aliphatic rings. The second-order valence-corrected chi connectivity index (χ2v) is 7.60. The summed E-state index contributed by atoms with van der Waals surface area (Å²) in [4.78, 5) is 13.2. The molecular formula is C14H9Br2NOS. The van der Waals surface area contributed by atoms with Gasteiger partial charge in [-0.05, 0) is 58.8 Å². The van der Waals surface area contributed by atoms with E-state index in [1.54, 1.807) is 11.3 Å². The summed E-state index contributed by atoms with van der Waals surface area (Å²) in [5.74, 6) is -0.0410. The predicted molar refractivity (Wildman–Crippen MR) is 87.4 cm³/mol. The first-order chi connectivity index (χ1) is 9.06. The molecule has 0 saturated carbocycles. The van der Waals surface area contributed by atoms with Gasteiger partial charge < -0.3 is 5.32 Å². The van der Waals surface area contributed by atoms with Crippen LogP contribution < -0.4 is 5.32 Å². The van der Waals surface area contributed by atoms with Crippen LogP contribution in [0.25, 0.3) is 11.6 Å². The molecule has 0 aliphatic carbocycles. The summed E-state index contributed by atoms with van der Waals surface area (Å²) in [5.41, 5.74) is 3.68. The van der Waals surface area contributed by atoms with Gasteiger partial charge in [-0.15, -0.1) is 11.3 Å². The van der Waals surface area contributed by atoms with Crippen molar-refractivity contribution in [3.8, 4) is 0 Å². The number of carbonyl (C=O) groups excluding carboxylic acids is 1. The van der Waals surface area contributed by atoms with Crippen LogP contribution in [0.5, 0.6) is 0 Å². The van der Waals surface area contributed by atoms with Gasteiger partial charge in [0, 0.05) is 20.6 Å². The Morgan fingerprint density at radius 2 is 2.00 bits per heavy atom. The number of amides is 1. The lowest BCUT2D eigenvalue weighted by atomic mass is 10.0. The number of carbonyl (C=O) groups is 1. The van der Waals surface area contributed by atoms with E-state index >= 15 is 0 Å². The van der Waals surface area contributed by atoms with Gasteiger partial charge in [0.1, 0.15) is 0 Å². The van der Waals surface area contributed by atoms with Crippen LogP contribution in [-0.2, 0) is 4.79 Å². The third-order valence-corrected chi connectivity index (χ3v) is 5.47. The highest BCUT2D eigenvalue weighted by Gasteiger charge is 2.26. The third kappa shape index (κ3) is 2.30. The first-order valence-electron chi connectivity index (χ1n) is 5.64. The van der Waals surface area contributed by atoms with Crippen LogP contribution in [0.15, 0.2) is 32.5 Å². The van der Waals surface area contributed by atoms with E-state index in [4.69, 9.17) is 0 Å². The zero-order valence-electron chi connectivity index (χ0n) is 9.96. The lowest BCUT2D eigenvalue weighted by Crippen LogP contribution is -2.03. The second kappa shape index (κ2) is 4.89. The molecule has 1 aromatic heterocycles. The highest BCUT2D eigenvalue weighted by molar-refractivity contribution is 9.11. The van der Waals surface area contributed by atoms with Gasteiger partial charge in [0.15, 0.2) is 0 Å². The first-order valence-corrected chi connectivity index (χ1v) is 8.04. The Kier molecular flexibility index (Phi) is 3.37. The zero-order chi connectivity index (χ0) is 13.6. The molecule has 1 amide bonds. The Morgan fingerprint density at radius 1 is 1.21 bits per heavy atom. The molecular weight excluding hydrogens is 390 g/mol. The third-order valence-electron chi connectivity index (χ3n) is 3.04. The number of anilines is 1. The molecule has 1 N–H and O–H groups in total. The standard InChI is InChI=1S/C14H9Br2NOS/c1-7-10(15)3-4-11-13(7)9(14(18)17-11)6-8-2-5-12(16)19-8/h2-6H,1H3,(H,17,18). The van der Waals surface area contributed by atoms with Gasteiger partial charge >= 0.3 is 0 Å². The number of nitrogens with one attached hydrogen (secondary N) is 1. The van der Waals surface area contributed by atoms with Crippen LogP contribution in [0, 0.1) is 6.92 Å². The monoisotopic (exact) mass is 397 g/mol. The summed E-state index contributed by atoms with van der Waals surface area (Å²) in [7, 11) is 0. The van der Waals surface area contributed by atoms with Crippen molar-refractivity contribution in [3.63, 3.8) is 0 Å². The summed E-state index contributed by atoms with van der Waals surface area (Å²) >= 11 is 8.56. The van der Waals surface area contributed by atoms with Gasteiger partial charge in [0.25, 0.3) is 5.91 Å². The van der Waals surface area contributed by atoms with Crippen molar-refractivity contribution in [3.05, 3.63) is 48.5 Å².